The van der Waals surface area contributed by atoms with E-state index < -0.39 is 26.5 Å². The average molecular weight is 1130 g/mol. The number of allylic oxidation sites excluding steroid dienone is 20. The summed E-state index contributed by atoms with van der Waals surface area (Å²) < 4.78 is 34.2. The smallest absolute Gasteiger partial charge is 0.306 e. The predicted octanol–water partition coefficient (Wildman–Crippen LogP) is 20.1. The molecule has 2 unspecified atom stereocenters. The molecular weight excluding hydrogens is 1010 g/mol. The van der Waals surface area contributed by atoms with E-state index in [-0.39, 0.29) is 32.0 Å². The highest BCUT2D eigenvalue weighted by molar-refractivity contribution is 7.45. The lowest BCUT2D eigenvalue weighted by Gasteiger charge is -2.28. The molecule has 0 aromatic rings. The molecule has 0 aliphatic rings. The van der Waals surface area contributed by atoms with Gasteiger partial charge in [-0.3, -0.25) is 14.2 Å². The Bertz CT molecular complexity index is 1760. The quantitative estimate of drug-likeness (QED) is 0.0195. The maximum absolute atomic E-state index is 12.8. The third-order valence-electron chi connectivity index (χ3n) is 13.5. The number of quaternary nitrogens is 1. The first kappa shape index (κ1) is 76.4. The van der Waals surface area contributed by atoms with Crippen molar-refractivity contribution in [2.75, 3.05) is 47.5 Å². The van der Waals surface area contributed by atoms with Crippen LogP contribution in [-0.2, 0) is 32.7 Å². The van der Waals surface area contributed by atoms with Crippen LogP contribution in [0.5, 0.6) is 0 Å². The van der Waals surface area contributed by atoms with Gasteiger partial charge in [0.05, 0.1) is 27.7 Å². The highest BCUT2D eigenvalue weighted by Gasteiger charge is 2.22. The van der Waals surface area contributed by atoms with E-state index in [1.165, 1.54) is 122 Å². The van der Waals surface area contributed by atoms with Crippen molar-refractivity contribution in [3.63, 3.8) is 0 Å². The first-order chi connectivity index (χ1) is 39.0. The third kappa shape index (κ3) is 63.6. The topological polar surface area (TPSA) is 111 Å². The number of phosphoric acid groups is 1. The second kappa shape index (κ2) is 60.0. The van der Waals surface area contributed by atoms with Crippen LogP contribution in [0.2, 0.25) is 0 Å². The minimum Gasteiger partial charge on any atom is -0.756 e. The van der Waals surface area contributed by atoms with Crippen molar-refractivity contribution in [1.82, 2.24) is 0 Å². The van der Waals surface area contributed by atoms with Gasteiger partial charge in [0.1, 0.15) is 19.8 Å². The number of carbonyl (C=O) groups is 2. The lowest BCUT2D eigenvalue weighted by atomic mass is 10.1. The fourth-order valence-electron chi connectivity index (χ4n) is 8.53. The zero-order chi connectivity index (χ0) is 58.4. The number of carbonyl (C=O) groups excluding carboxylic acids is 2. The number of nitrogens with zero attached hydrogens (tertiary/aromatic N) is 1. The van der Waals surface area contributed by atoms with Crippen molar-refractivity contribution >= 4 is 19.8 Å². The number of unbranched alkanes of at least 4 members (excludes halogenated alkanes) is 24. The van der Waals surface area contributed by atoms with E-state index >= 15 is 0 Å². The standard InChI is InChI=1S/C70H120NO8P/c1-6-8-10-12-14-16-18-20-22-24-26-27-28-29-30-31-32-33-34-35-36-37-38-39-40-41-42-43-45-47-49-51-53-55-57-59-61-63-70(73)79-68(67-78-80(74,75)77-65-64-71(3,4)5)66-76-69(72)62-60-58-56-54-52-50-48-46-44-25-23-21-19-17-15-13-11-9-7-2/h8,10,14,16,20-23,26-27,29-30,32-33,35-36,38-39,41-42,68H,6-7,9,11-13,15,17-19,24-25,28,31,34,37,40,43-67H2,1-5H3/b10-8-,16-14-,22-20-,23-21-,27-26-,30-29-,33-32-,36-35-,39-38-,42-41-. The van der Waals surface area contributed by atoms with Crippen LogP contribution in [0.1, 0.15) is 258 Å². The Hall–Kier alpha value is -3.59. The Morgan fingerprint density at radius 1 is 0.400 bits per heavy atom. The summed E-state index contributed by atoms with van der Waals surface area (Å²) in [5.74, 6) is -0.844. The molecule has 0 amide bonds. The second-order valence-electron chi connectivity index (χ2n) is 22.4. The number of rotatable bonds is 58. The molecule has 0 saturated carbocycles. The second-order valence-corrected chi connectivity index (χ2v) is 23.8. The number of hydrogen-bond acceptors (Lipinski definition) is 8. The Balaban J connectivity index is 4.13. The molecule has 0 aromatic carbocycles. The molecule has 9 nitrogen and oxygen atoms in total. The first-order valence-electron chi connectivity index (χ1n) is 32.2. The van der Waals surface area contributed by atoms with E-state index in [9.17, 15) is 19.0 Å². The lowest BCUT2D eigenvalue weighted by molar-refractivity contribution is -0.870. The number of esters is 2. The number of likely N-dealkylation sites (N-methyl/N-ethyl adjacent to an activating group) is 1. The van der Waals surface area contributed by atoms with Gasteiger partial charge in [-0.15, -0.1) is 0 Å². The fourth-order valence-corrected chi connectivity index (χ4v) is 9.25. The van der Waals surface area contributed by atoms with E-state index in [0.717, 1.165) is 103 Å². The Labute approximate surface area is 492 Å². The summed E-state index contributed by atoms with van der Waals surface area (Å²) in [5, 5.41) is 0. The van der Waals surface area contributed by atoms with Gasteiger partial charge < -0.3 is 27.9 Å². The van der Waals surface area contributed by atoms with Crippen LogP contribution in [0.25, 0.3) is 0 Å². The van der Waals surface area contributed by atoms with Gasteiger partial charge in [0.25, 0.3) is 7.82 Å². The minimum atomic E-state index is -4.65. The molecule has 0 fully saturated rings. The van der Waals surface area contributed by atoms with Crippen molar-refractivity contribution in [3.05, 3.63) is 122 Å². The molecule has 2 atom stereocenters. The van der Waals surface area contributed by atoms with Gasteiger partial charge in [0, 0.05) is 12.8 Å². The molecule has 0 rings (SSSR count). The van der Waals surface area contributed by atoms with Crippen LogP contribution < -0.4 is 4.89 Å². The summed E-state index contributed by atoms with van der Waals surface area (Å²) in [7, 11) is 1.15. The fraction of sp³-hybridized carbons (Fsp3) is 0.686. The van der Waals surface area contributed by atoms with Crippen molar-refractivity contribution in [3.8, 4) is 0 Å². The summed E-state index contributed by atoms with van der Waals surface area (Å²) >= 11 is 0. The summed E-state index contributed by atoms with van der Waals surface area (Å²) in [6.45, 7) is 4.12. The normalized spacial score (nSPS) is 14.0. The summed E-state index contributed by atoms with van der Waals surface area (Å²) in [4.78, 5) is 37.9. The van der Waals surface area contributed by atoms with Gasteiger partial charge in [-0.05, 0) is 109 Å². The van der Waals surface area contributed by atoms with E-state index in [0.29, 0.717) is 17.4 Å². The van der Waals surface area contributed by atoms with Crippen LogP contribution in [0.3, 0.4) is 0 Å². The summed E-state index contributed by atoms with van der Waals surface area (Å²) in [6.07, 6.45) is 85.4. The summed E-state index contributed by atoms with van der Waals surface area (Å²) in [5.41, 5.74) is 0. The van der Waals surface area contributed by atoms with E-state index in [2.05, 4.69) is 135 Å². The third-order valence-corrected chi connectivity index (χ3v) is 14.4. The highest BCUT2D eigenvalue weighted by atomic mass is 31.2. The van der Waals surface area contributed by atoms with Gasteiger partial charge in [-0.2, -0.15) is 0 Å². The zero-order valence-electron chi connectivity index (χ0n) is 52.0. The van der Waals surface area contributed by atoms with Crippen LogP contribution >= 0.6 is 7.82 Å². The Morgan fingerprint density at radius 3 is 1.07 bits per heavy atom. The first-order valence-corrected chi connectivity index (χ1v) is 33.7. The van der Waals surface area contributed by atoms with Crippen molar-refractivity contribution in [2.24, 2.45) is 0 Å². The van der Waals surface area contributed by atoms with Gasteiger partial charge in [-0.1, -0.05) is 257 Å². The van der Waals surface area contributed by atoms with Gasteiger partial charge in [0.2, 0.25) is 0 Å². The number of phosphoric ester groups is 1. The predicted molar refractivity (Wildman–Crippen MR) is 341 cm³/mol. The number of ether oxygens (including phenoxy) is 2. The van der Waals surface area contributed by atoms with E-state index in [4.69, 9.17) is 18.5 Å². The zero-order valence-corrected chi connectivity index (χ0v) is 52.9. The highest BCUT2D eigenvalue weighted by Crippen LogP contribution is 2.38. The molecule has 0 N–H and O–H groups in total. The maximum Gasteiger partial charge on any atom is 0.306 e. The molecule has 80 heavy (non-hydrogen) atoms. The van der Waals surface area contributed by atoms with Gasteiger partial charge >= 0.3 is 11.9 Å². The molecule has 0 aliphatic carbocycles. The van der Waals surface area contributed by atoms with Gasteiger partial charge in [-0.25, -0.2) is 0 Å². The average Bonchev–Trinajstić information content (AvgIpc) is 3.42. The maximum atomic E-state index is 12.8. The van der Waals surface area contributed by atoms with E-state index in [1.54, 1.807) is 0 Å². The molecule has 458 valence electrons. The van der Waals surface area contributed by atoms with Crippen LogP contribution in [-0.4, -0.2) is 70.0 Å². The van der Waals surface area contributed by atoms with Crippen molar-refractivity contribution in [2.45, 2.75) is 264 Å². The SMILES string of the molecule is CC/C=C\C/C=C\C/C=C\C/C=C\C/C=C\C/C=C\C/C=C\C/C=C\C/C=C\CCCCCCCCCCCC(=O)OC(COC(=O)CCCCCCCCCCC/C=C\CCCCCCCC)COP(=O)([O-])OCC[N+](C)(C)C. The monoisotopic (exact) mass is 1130 g/mol. The number of hydrogen-bond donors (Lipinski definition) is 0. The van der Waals surface area contributed by atoms with Gasteiger partial charge in [0.15, 0.2) is 6.10 Å². The van der Waals surface area contributed by atoms with E-state index in [1.807, 2.05) is 21.1 Å². The molecule has 0 saturated heterocycles. The molecule has 0 radical (unpaired) electrons. The largest absolute Gasteiger partial charge is 0.756 e. The van der Waals surface area contributed by atoms with Crippen LogP contribution in [0, 0.1) is 0 Å². The molecule has 0 aromatic heterocycles. The molecule has 0 spiro atoms. The Kier molecular flexibility index (Phi) is 57.3. The molecule has 0 heterocycles. The molecule has 10 heteroatoms. The molecule has 0 aliphatic heterocycles. The van der Waals surface area contributed by atoms with Crippen molar-refractivity contribution < 1.29 is 42.1 Å². The molecular formula is C70H120NO8P. The summed E-state index contributed by atoms with van der Waals surface area (Å²) in [6, 6.07) is 0. The Morgan fingerprint density at radius 2 is 0.713 bits per heavy atom. The molecule has 0 bridgehead atoms. The van der Waals surface area contributed by atoms with Crippen molar-refractivity contribution in [1.29, 1.82) is 0 Å². The minimum absolute atomic E-state index is 0.0373. The van der Waals surface area contributed by atoms with Crippen LogP contribution in [0.15, 0.2) is 122 Å². The lowest BCUT2D eigenvalue weighted by Crippen LogP contribution is -2.37. The van der Waals surface area contributed by atoms with Crippen LogP contribution in [0.4, 0.5) is 0 Å².